The van der Waals surface area contributed by atoms with Crippen molar-refractivity contribution in [1.82, 2.24) is 9.55 Å². The molecule has 4 heteroatoms. The predicted octanol–water partition coefficient (Wildman–Crippen LogP) is 4.40. The van der Waals surface area contributed by atoms with Gasteiger partial charge < -0.3 is 10.3 Å². The molecule has 3 aromatic rings. The molecule has 0 spiro atoms. The van der Waals surface area contributed by atoms with Crippen molar-refractivity contribution in [2.75, 3.05) is 0 Å². The Labute approximate surface area is 129 Å². The number of nitrogens with two attached hydrogens (primary N) is 1. The molecular formula is C17H18ClN3. The highest BCUT2D eigenvalue weighted by Crippen LogP contribution is 2.30. The van der Waals surface area contributed by atoms with Crippen LogP contribution in [0.25, 0.3) is 22.4 Å². The monoisotopic (exact) mass is 299 g/mol. The quantitative estimate of drug-likeness (QED) is 0.779. The highest BCUT2D eigenvalue weighted by molar-refractivity contribution is 6.31. The van der Waals surface area contributed by atoms with Crippen molar-refractivity contribution in [3.8, 4) is 11.4 Å². The fourth-order valence-corrected chi connectivity index (χ4v) is 2.80. The molecule has 3 nitrogen and oxygen atoms in total. The summed E-state index contributed by atoms with van der Waals surface area (Å²) in [5.74, 6) is 0.956. The van der Waals surface area contributed by atoms with Gasteiger partial charge in [0.15, 0.2) is 0 Å². The maximum absolute atomic E-state index is 6.09. The zero-order chi connectivity index (χ0) is 15.0. The molecule has 0 saturated carbocycles. The molecule has 0 amide bonds. The number of fused-ring (bicyclic) bond motifs is 1. The van der Waals surface area contributed by atoms with Gasteiger partial charge in [-0.3, -0.25) is 0 Å². The van der Waals surface area contributed by atoms with Gasteiger partial charge in [-0.2, -0.15) is 0 Å². The standard InChI is InChI=1S/C17H18ClN3/c1-11(2)21-16-7-6-14(18)9-15(16)20-17(21)13-5-3-4-12(8-13)10-19/h3-9,11H,10,19H2,1-2H3. The van der Waals surface area contributed by atoms with E-state index in [1.54, 1.807) is 0 Å². The molecule has 0 fully saturated rings. The van der Waals surface area contributed by atoms with Crippen LogP contribution >= 0.6 is 11.6 Å². The number of hydrogen-bond acceptors (Lipinski definition) is 2. The van der Waals surface area contributed by atoms with Crippen molar-refractivity contribution >= 4 is 22.6 Å². The van der Waals surface area contributed by atoms with Crippen LogP contribution < -0.4 is 5.73 Å². The summed E-state index contributed by atoms with van der Waals surface area (Å²) in [6.07, 6.45) is 0. The fourth-order valence-electron chi connectivity index (χ4n) is 2.64. The van der Waals surface area contributed by atoms with Gasteiger partial charge in [-0.15, -0.1) is 0 Å². The van der Waals surface area contributed by atoms with Crippen molar-refractivity contribution in [2.24, 2.45) is 5.73 Å². The van der Waals surface area contributed by atoms with Crippen LogP contribution in [0.4, 0.5) is 0 Å². The Morgan fingerprint density at radius 2 is 2.00 bits per heavy atom. The van der Waals surface area contributed by atoms with E-state index in [1.807, 2.05) is 30.3 Å². The van der Waals surface area contributed by atoms with Gasteiger partial charge in [-0.1, -0.05) is 29.8 Å². The lowest BCUT2D eigenvalue weighted by Crippen LogP contribution is -2.03. The van der Waals surface area contributed by atoms with Crippen LogP contribution in [0, 0.1) is 0 Å². The highest BCUT2D eigenvalue weighted by atomic mass is 35.5. The largest absolute Gasteiger partial charge is 0.326 e. The van der Waals surface area contributed by atoms with E-state index >= 15 is 0 Å². The normalized spacial score (nSPS) is 11.5. The second-order valence-electron chi connectivity index (χ2n) is 5.44. The molecule has 0 aliphatic heterocycles. The summed E-state index contributed by atoms with van der Waals surface area (Å²) in [5.41, 5.74) is 9.95. The number of benzene rings is 2. The highest BCUT2D eigenvalue weighted by Gasteiger charge is 2.15. The zero-order valence-electron chi connectivity index (χ0n) is 12.2. The minimum Gasteiger partial charge on any atom is -0.326 e. The minimum atomic E-state index is 0.313. The van der Waals surface area contributed by atoms with Crippen molar-refractivity contribution < 1.29 is 0 Å². The molecule has 0 aliphatic rings. The Morgan fingerprint density at radius 1 is 1.19 bits per heavy atom. The molecule has 21 heavy (non-hydrogen) atoms. The van der Waals surface area contributed by atoms with Gasteiger partial charge in [0.05, 0.1) is 11.0 Å². The molecule has 1 aromatic heterocycles. The van der Waals surface area contributed by atoms with E-state index in [9.17, 15) is 0 Å². The van der Waals surface area contributed by atoms with Gasteiger partial charge in [0.2, 0.25) is 0 Å². The van der Waals surface area contributed by atoms with Gasteiger partial charge >= 0.3 is 0 Å². The Kier molecular flexibility index (Phi) is 3.70. The average Bonchev–Trinajstić information content (AvgIpc) is 2.85. The van der Waals surface area contributed by atoms with Gasteiger partial charge in [0.25, 0.3) is 0 Å². The first-order valence-electron chi connectivity index (χ1n) is 7.07. The van der Waals surface area contributed by atoms with Gasteiger partial charge in [0, 0.05) is 23.2 Å². The first-order chi connectivity index (χ1) is 10.1. The Hall–Kier alpha value is -1.84. The summed E-state index contributed by atoms with van der Waals surface area (Å²) in [4.78, 5) is 4.78. The molecule has 0 aliphatic carbocycles. The molecule has 3 rings (SSSR count). The van der Waals surface area contributed by atoms with Crippen molar-refractivity contribution in [1.29, 1.82) is 0 Å². The molecule has 2 N–H and O–H groups in total. The molecule has 0 radical (unpaired) electrons. The zero-order valence-corrected chi connectivity index (χ0v) is 12.9. The second-order valence-corrected chi connectivity index (χ2v) is 5.87. The van der Waals surface area contributed by atoms with Crippen LogP contribution in [-0.2, 0) is 6.54 Å². The van der Waals surface area contributed by atoms with Crippen LogP contribution in [0.5, 0.6) is 0 Å². The SMILES string of the molecule is CC(C)n1c(-c2cccc(CN)c2)nc2cc(Cl)ccc21. The lowest BCUT2D eigenvalue weighted by Gasteiger charge is -2.13. The molecule has 0 saturated heterocycles. The van der Waals surface area contributed by atoms with Crippen LogP contribution in [0.1, 0.15) is 25.5 Å². The molecule has 0 atom stereocenters. The number of imidazole rings is 1. The third kappa shape index (κ3) is 2.55. The summed E-state index contributed by atoms with van der Waals surface area (Å²) >= 11 is 6.09. The third-order valence-corrected chi connectivity index (χ3v) is 3.82. The van der Waals surface area contributed by atoms with E-state index in [-0.39, 0.29) is 0 Å². The Bertz CT molecular complexity index is 790. The fraction of sp³-hybridized carbons (Fsp3) is 0.235. The molecule has 2 aromatic carbocycles. The van der Waals surface area contributed by atoms with Crippen molar-refractivity contribution in [2.45, 2.75) is 26.4 Å². The van der Waals surface area contributed by atoms with E-state index in [1.165, 1.54) is 0 Å². The summed E-state index contributed by atoms with van der Waals surface area (Å²) in [6.45, 7) is 4.85. The Balaban J connectivity index is 2.27. The van der Waals surface area contributed by atoms with E-state index in [0.29, 0.717) is 17.6 Å². The topological polar surface area (TPSA) is 43.8 Å². The van der Waals surface area contributed by atoms with Crippen molar-refractivity contribution in [3.63, 3.8) is 0 Å². The number of hydrogen-bond donors (Lipinski definition) is 1. The summed E-state index contributed by atoms with van der Waals surface area (Å²) in [6, 6.07) is 14.4. The van der Waals surface area contributed by atoms with E-state index in [4.69, 9.17) is 22.3 Å². The number of halogens is 1. The van der Waals surface area contributed by atoms with Gasteiger partial charge in [0.1, 0.15) is 5.82 Å². The summed E-state index contributed by atoms with van der Waals surface area (Å²) < 4.78 is 2.24. The maximum Gasteiger partial charge on any atom is 0.141 e. The molecule has 108 valence electrons. The number of nitrogens with zero attached hydrogens (tertiary/aromatic N) is 2. The average molecular weight is 300 g/mol. The smallest absolute Gasteiger partial charge is 0.141 e. The van der Waals surface area contributed by atoms with Crippen molar-refractivity contribution in [3.05, 3.63) is 53.1 Å². The van der Waals surface area contributed by atoms with E-state index in [0.717, 1.165) is 28.0 Å². The summed E-state index contributed by atoms with van der Waals surface area (Å²) in [5, 5.41) is 0.707. The molecular weight excluding hydrogens is 282 g/mol. The molecule has 0 bridgehead atoms. The maximum atomic E-state index is 6.09. The number of aromatic nitrogens is 2. The summed E-state index contributed by atoms with van der Waals surface area (Å²) in [7, 11) is 0. The Morgan fingerprint density at radius 3 is 2.71 bits per heavy atom. The molecule has 1 heterocycles. The third-order valence-electron chi connectivity index (χ3n) is 3.59. The van der Waals surface area contributed by atoms with Crippen LogP contribution in [0.2, 0.25) is 5.02 Å². The van der Waals surface area contributed by atoms with Crippen LogP contribution in [-0.4, -0.2) is 9.55 Å². The minimum absolute atomic E-state index is 0.313. The van der Waals surface area contributed by atoms with E-state index in [2.05, 4.69) is 30.5 Å². The second kappa shape index (κ2) is 5.51. The van der Waals surface area contributed by atoms with E-state index < -0.39 is 0 Å². The lowest BCUT2D eigenvalue weighted by molar-refractivity contribution is 0.624. The first-order valence-corrected chi connectivity index (χ1v) is 7.45. The number of rotatable bonds is 3. The van der Waals surface area contributed by atoms with Gasteiger partial charge in [-0.25, -0.2) is 4.98 Å². The predicted molar refractivity (Wildman–Crippen MR) is 88.5 cm³/mol. The lowest BCUT2D eigenvalue weighted by atomic mass is 10.1. The van der Waals surface area contributed by atoms with Crippen LogP contribution in [0.15, 0.2) is 42.5 Å². The molecule has 0 unspecified atom stereocenters. The van der Waals surface area contributed by atoms with Crippen LogP contribution in [0.3, 0.4) is 0 Å². The first kappa shape index (κ1) is 14.1. The van der Waals surface area contributed by atoms with Gasteiger partial charge in [-0.05, 0) is 43.7 Å².